The Kier molecular flexibility index (Phi) is 5.61. The average Bonchev–Trinajstić information content (AvgIpc) is 3.64. The van der Waals surface area contributed by atoms with Gasteiger partial charge in [-0.3, -0.25) is 4.57 Å². The molecule has 0 aliphatic heterocycles. The van der Waals surface area contributed by atoms with E-state index in [4.69, 9.17) is 10.1 Å². The molecule has 0 saturated heterocycles. The number of hydrogen-bond donors (Lipinski definition) is 1. The normalized spacial score (nSPS) is 11.4. The Morgan fingerprint density at radius 1 is 0.833 bits per heavy atom. The number of nitrogens with one attached hydrogen (secondary N) is 1. The molecule has 178 valence electrons. The lowest BCUT2D eigenvalue weighted by molar-refractivity contribution is 0.712. The Hall–Kier alpha value is -4.59. The summed E-state index contributed by atoms with van der Waals surface area (Å²) in [6.45, 7) is 4.98. The lowest BCUT2D eigenvalue weighted by Crippen LogP contribution is -2.06. The highest BCUT2D eigenvalue weighted by Gasteiger charge is 2.19. The van der Waals surface area contributed by atoms with Gasteiger partial charge < -0.3 is 0 Å². The van der Waals surface area contributed by atoms with Gasteiger partial charge in [0.2, 0.25) is 5.78 Å². The molecule has 3 aromatic carbocycles. The maximum Gasteiger partial charge on any atom is 0.233 e. The number of fused-ring (bicyclic) bond motifs is 1. The van der Waals surface area contributed by atoms with E-state index in [1.165, 1.54) is 5.56 Å². The van der Waals surface area contributed by atoms with Crippen LogP contribution in [0.4, 0.5) is 0 Å². The Morgan fingerprint density at radius 2 is 1.58 bits per heavy atom. The maximum atomic E-state index is 5.03. The topological polar surface area (TPSA) is 89.6 Å². The lowest BCUT2D eigenvalue weighted by atomic mass is 9.98. The first kappa shape index (κ1) is 21.9. The summed E-state index contributed by atoms with van der Waals surface area (Å²) in [4.78, 5) is 5.03. The van der Waals surface area contributed by atoms with E-state index in [0.29, 0.717) is 12.4 Å². The zero-order chi connectivity index (χ0) is 24.5. The van der Waals surface area contributed by atoms with Crippen LogP contribution >= 0.6 is 0 Å². The Bertz CT molecular complexity index is 1610. The molecule has 0 amide bonds. The number of benzene rings is 3. The number of tetrazole rings is 1. The molecule has 3 heterocycles. The second-order valence-electron chi connectivity index (χ2n) is 8.87. The van der Waals surface area contributed by atoms with Crippen molar-refractivity contribution in [1.82, 2.24) is 39.8 Å². The van der Waals surface area contributed by atoms with Crippen LogP contribution in [0.15, 0.2) is 78.9 Å². The fraction of sp³-hybridized carbons (Fsp3) is 0.179. The summed E-state index contributed by atoms with van der Waals surface area (Å²) in [5.74, 6) is 2.58. The second-order valence-corrected chi connectivity index (χ2v) is 8.87. The summed E-state index contributed by atoms with van der Waals surface area (Å²) in [5.41, 5.74) is 7.49. The first-order chi connectivity index (χ1) is 17.7. The monoisotopic (exact) mass is 474 g/mol. The van der Waals surface area contributed by atoms with Crippen LogP contribution in [0.5, 0.6) is 0 Å². The highest BCUT2D eigenvalue weighted by Crippen LogP contribution is 2.30. The molecular formula is C28H26N8. The molecule has 0 aliphatic carbocycles. The lowest BCUT2D eigenvalue weighted by Gasteiger charge is -2.10. The van der Waals surface area contributed by atoms with Crippen LogP contribution in [0.1, 0.15) is 30.4 Å². The predicted molar refractivity (Wildman–Crippen MR) is 139 cm³/mol. The highest BCUT2D eigenvalue weighted by atomic mass is 15.5. The highest BCUT2D eigenvalue weighted by molar-refractivity contribution is 5.80. The van der Waals surface area contributed by atoms with Gasteiger partial charge in [0, 0.05) is 17.5 Å². The molecule has 6 aromatic rings. The first-order valence-corrected chi connectivity index (χ1v) is 12.2. The SMILES string of the molecule is CCCc1nn2c(C)c(-c3ccccc3)nc2n1Cc1ccc(-c2ccccc2-c2nnn[nH]2)cc1. The number of aromatic amines is 1. The van der Waals surface area contributed by atoms with Crippen molar-refractivity contribution in [3.63, 3.8) is 0 Å². The van der Waals surface area contributed by atoms with Gasteiger partial charge in [0.1, 0.15) is 5.82 Å². The number of nitrogens with zero attached hydrogens (tertiary/aromatic N) is 7. The largest absolute Gasteiger partial charge is 0.292 e. The van der Waals surface area contributed by atoms with Gasteiger partial charge >= 0.3 is 0 Å². The van der Waals surface area contributed by atoms with Crippen molar-refractivity contribution in [1.29, 1.82) is 0 Å². The molecule has 1 N–H and O–H groups in total. The van der Waals surface area contributed by atoms with Gasteiger partial charge in [-0.15, -0.1) is 5.10 Å². The van der Waals surface area contributed by atoms with Crippen molar-refractivity contribution in [2.45, 2.75) is 33.2 Å². The van der Waals surface area contributed by atoms with E-state index < -0.39 is 0 Å². The minimum atomic E-state index is 0.656. The number of aromatic nitrogens is 8. The van der Waals surface area contributed by atoms with Gasteiger partial charge in [-0.2, -0.15) is 5.10 Å². The van der Waals surface area contributed by atoms with E-state index >= 15 is 0 Å². The van der Waals surface area contributed by atoms with E-state index in [0.717, 1.165) is 58.1 Å². The summed E-state index contributed by atoms with van der Waals surface area (Å²) < 4.78 is 4.23. The number of H-pyrrole nitrogens is 1. The van der Waals surface area contributed by atoms with Crippen LogP contribution in [0.25, 0.3) is 39.5 Å². The van der Waals surface area contributed by atoms with Crippen LogP contribution in [-0.4, -0.2) is 39.8 Å². The zero-order valence-electron chi connectivity index (χ0n) is 20.3. The van der Waals surface area contributed by atoms with E-state index in [-0.39, 0.29) is 0 Å². The summed E-state index contributed by atoms with van der Waals surface area (Å²) in [6.07, 6.45) is 1.93. The Labute approximate surface area is 208 Å². The number of hydrogen-bond acceptors (Lipinski definition) is 5. The third kappa shape index (κ3) is 3.86. The minimum absolute atomic E-state index is 0.656. The van der Waals surface area contributed by atoms with Gasteiger partial charge in [-0.25, -0.2) is 14.6 Å². The number of imidazole rings is 1. The molecule has 6 rings (SSSR count). The van der Waals surface area contributed by atoms with Crippen LogP contribution in [0, 0.1) is 6.92 Å². The number of aryl methyl sites for hydroxylation is 2. The molecule has 0 bridgehead atoms. The molecule has 8 nitrogen and oxygen atoms in total. The van der Waals surface area contributed by atoms with Crippen molar-refractivity contribution < 1.29 is 0 Å². The molecule has 0 atom stereocenters. The van der Waals surface area contributed by atoms with Crippen molar-refractivity contribution in [2.75, 3.05) is 0 Å². The molecule has 0 aliphatic rings. The van der Waals surface area contributed by atoms with Crippen molar-refractivity contribution >= 4 is 5.78 Å². The standard InChI is InChI=1S/C28H26N8/c1-3-9-25-32-36-19(2)26(22-10-5-4-6-11-22)29-28(36)35(25)18-20-14-16-21(17-15-20)23-12-7-8-13-24(23)27-30-33-34-31-27/h4-8,10-17H,3,9,18H2,1-2H3,(H,30,31,33,34). The second kappa shape index (κ2) is 9.22. The van der Waals surface area contributed by atoms with Crippen molar-refractivity contribution in [3.8, 4) is 33.8 Å². The van der Waals surface area contributed by atoms with Crippen molar-refractivity contribution in [3.05, 3.63) is 95.9 Å². The number of rotatable bonds is 7. The van der Waals surface area contributed by atoms with E-state index in [9.17, 15) is 0 Å². The minimum Gasteiger partial charge on any atom is -0.292 e. The average molecular weight is 475 g/mol. The Morgan fingerprint density at radius 3 is 2.31 bits per heavy atom. The quantitative estimate of drug-likeness (QED) is 0.337. The molecule has 0 unspecified atom stereocenters. The smallest absolute Gasteiger partial charge is 0.233 e. The molecule has 0 spiro atoms. The summed E-state index contributed by atoms with van der Waals surface area (Å²) >= 11 is 0. The van der Waals surface area contributed by atoms with Crippen LogP contribution in [0.2, 0.25) is 0 Å². The van der Waals surface area contributed by atoms with E-state index in [1.54, 1.807) is 0 Å². The Balaban J connectivity index is 1.36. The molecule has 0 saturated carbocycles. The van der Waals surface area contributed by atoms with Gasteiger partial charge in [0.25, 0.3) is 0 Å². The third-order valence-electron chi connectivity index (χ3n) is 6.48. The third-order valence-corrected chi connectivity index (χ3v) is 6.48. The molecule has 0 radical (unpaired) electrons. The molecule has 3 aromatic heterocycles. The van der Waals surface area contributed by atoms with Crippen LogP contribution in [-0.2, 0) is 13.0 Å². The molecule has 0 fully saturated rings. The summed E-state index contributed by atoms with van der Waals surface area (Å²) in [7, 11) is 0. The van der Waals surface area contributed by atoms with Crippen LogP contribution in [0.3, 0.4) is 0 Å². The van der Waals surface area contributed by atoms with Gasteiger partial charge in [-0.05, 0) is 40.5 Å². The van der Waals surface area contributed by atoms with Crippen LogP contribution < -0.4 is 0 Å². The van der Waals surface area contributed by atoms with Gasteiger partial charge in [0.05, 0.1) is 17.9 Å². The van der Waals surface area contributed by atoms with Crippen molar-refractivity contribution in [2.24, 2.45) is 0 Å². The van der Waals surface area contributed by atoms with E-state index in [1.807, 2.05) is 40.9 Å². The molecule has 8 heteroatoms. The predicted octanol–water partition coefficient (Wildman–Crippen LogP) is 5.35. The van der Waals surface area contributed by atoms with E-state index in [2.05, 4.69) is 81.5 Å². The van der Waals surface area contributed by atoms with Gasteiger partial charge in [0.15, 0.2) is 5.82 Å². The fourth-order valence-electron chi connectivity index (χ4n) is 4.68. The summed E-state index contributed by atoms with van der Waals surface area (Å²) in [6, 6.07) is 27.1. The fourth-order valence-corrected chi connectivity index (χ4v) is 4.68. The first-order valence-electron chi connectivity index (χ1n) is 12.2. The van der Waals surface area contributed by atoms with Gasteiger partial charge in [-0.1, -0.05) is 85.8 Å². The maximum absolute atomic E-state index is 5.03. The summed E-state index contributed by atoms with van der Waals surface area (Å²) in [5, 5.41) is 19.4. The zero-order valence-corrected chi connectivity index (χ0v) is 20.3. The molecule has 36 heavy (non-hydrogen) atoms. The molecular weight excluding hydrogens is 448 g/mol.